The Balaban J connectivity index is 1.74. The highest BCUT2D eigenvalue weighted by Crippen LogP contribution is 2.28. The van der Waals surface area contributed by atoms with Gasteiger partial charge < -0.3 is 25.0 Å². The van der Waals surface area contributed by atoms with Gasteiger partial charge in [-0.2, -0.15) is 0 Å². The van der Waals surface area contributed by atoms with Gasteiger partial charge in [-0.25, -0.2) is 13.6 Å². The maximum absolute atomic E-state index is 14.2. The molecular formula is C34H48F2N4O5. The summed E-state index contributed by atoms with van der Waals surface area (Å²) in [6, 6.07) is 10.0. The summed E-state index contributed by atoms with van der Waals surface area (Å²) >= 11 is 0. The maximum Gasteiger partial charge on any atom is 0.410 e. The van der Waals surface area contributed by atoms with Gasteiger partial charge >= 0.3 is 6.09 Å². The van der Waals surface area contributed by atoms with Crippen LogP contribution >= 0.6 is 0 Å². The molecule has 1 heterocycles. The van der Waals surface area contributed by atoms with Crippen molar-refractivity contribution in [1.82, 2.24) is 20.4 Å². The molecule has 2 aromatic rings. The van der Waals surface area contributed by atoms with Crippen molar-refractivity contribution in [1.29, 1.82) is 0 Å². The van der Waals surface area contributed by atoms with Gasteiger partial charge in [-0.1, -0.05) is 32.9 Å². The summed E-state index contributed by atoms with van der Waals surface area (Å²) in [7, 11) is 1.48. The molecule has 0 radical (unpaired) electrons. The van der Waals surface area contributed by atoms with Gasteiger partial charge in [0, 0.05) is 26.1 Å². The second-order valence-electron chi connectivity index (χ2n) is 13.7. The molecule has 0 aromatic heterocycles. The number of halogens is 2. The number of hydrogen-bond donors (Lipinski definition) is 2. The van der Waals surface area contributed by atoms with E-state index in [1.54, 1.807) is 56.9 Å². The van der Waals surface area contributed by atoms with Crippen LogP contribution in [0.4, 0.5) is 13.6 Å². The minimum absolute atomic E-state index is 0.250. The predicted octanol–water partition coefficient (Wildman–Crippen LogP) is 4.93. The van der Waals surface area contributed by atoms with E-state index in [2.05, 4.69) is 10.6 Å². The van der Waals surface area contributed by atoms with Gasteiger partial charge in [0.2, 0.25) is 11.8 Å². The molecule has 3 rings (SSSR count). The molecule has 2 N–H and O–H groups in total. The standard InChI is InChI=1S/C34H48F2N4O5/c1-22(39(8)32(43)45-34(5,6)7)30(41)38-29(33(2,3)4)31(42)40-21-28(44-27-15-13-25(36)14-16-27)19-26(40)20-37-18-17-23-9-11-24(35)12-10-23/h9-16,22,26,28-29,37H,17-21H2,1-8H3,(H,38,41)/t22-,26-,28?,29?/m0/s1. The number of benzene rings is 2. The van der Waals surface area contributed by atoms with Crippen molar-refractivity contribution in [3.8, 4) is 5.75 Å². The minimum Gasteiger partial charge on any atom is -0.489 e. The SMILES string of the molecule is C[C@@H](C(=O)NC(C(=O)N1CC(Oc2ccc(F)cc2)C[C@H]1CNCCc1ccc(F)cc1)C(C)(C)C)N(C)C(=O)OC(C)(C)C. The summed E-state index contributed by atoms with van der Waals surface area (Å²) in [6.45, 7) is 13.8. The van der Waals surface area contributed by atoms with Crippen molar-refractivity contribution < 1.29 is 32.6 Å². The van der Waals surface area contributed by atoms with Crippen LogP contribution < -0.4 is 15.4 Å². The molecular weight excluding hydrogens is 582 g/mol. The third kappa shape index (κ3) is 10.7. The monoisotopic (exact) mass is 630 g/mol. The van der Waals surface area contributed by atoms with E-state index in [1.807, 2.05) is 20.8 Å². The van der Waals surface area contributed by atoms with E-state index in [4.69, 9.17) is 9.47 Å². The number of likely N-dealkylation sites (tertiary alicyclic amines) is 1. The molecule has 1 aliphatic rings. The summed E-state index contributed by atoms with van der Waals surface area (Å²) < 4.78 is 38.3. The second kappa shape index (κ2) is 15.0. The topological polar surface area (TPSA) is 100 Å². The fourth-order valence-electron chi connectivity index (χ4n) is 5.03. The van der Waals surface area contributed by atoms with Crippen molar-refractivity contribution in [2.24, 2.45) is 5.41 Å². The van der Waals surface area contributed by atoms with E-state index in [-0.39, 0.29) is 36.2 Å². The number of carbonyl (C=O) groups is 3. The molecule has 45 heavy (non-hydrogen) atoms. The number of nitrogens with zero attached hydrogens (tertiary/aromatic N) is 2. The molecule has 0 spiro atoms. The van der Waals surface area contributed by atoms with E-state index in [9.17, 15) is 23.2 Å². The Bertz CT molecular complexity index is 1290. The van der Waals surface area contributed by atoms with Crippen LogP contribution in [0.5, 0.6) is 5.75 Å². The number of hydrogen-bond acceptors (Lipinski definition) is 6. The van der Waals surface area contributed by atoms with Gasteiger partial charge in [0.25, 0.3) is 0 Å². The Kier molecular flexibility index (Phi) is 11.9. The summed E-state index contributed by atoms with van der Waals surface area (Å²) in [6.07, 6.45) is 0.211. The largest absolute Gasteiger partial charge is 0.489 e. The number of carbonyl (C=O) groups excluding carboxylic acids is 3. The molecule has 0 saturated carbocycles. The first-order valence-corrected chi connectivity index (χ1v) is 15.4. The quantitative estimate of drug-likeness (QED) is 0.342. The summed E-state index contributed by atoms with van der Waals surface area (Å²) in [5.41, 5.74) is -0.398. The molecule has 9 nitrogen and oxygen atoms in total. The van der Waals surface area contributed by atoms with Gasteiger partial charge in [-0.15, -0.1) is 0 Å². The fourth-order valence-corrected chi connectivity index (χ4v) is 5.03. The highest BCUT2D eigenvalue weighted by molar-refractivity contribution is 5.91. The van der Waals surface area contributed by atoms with Crippen LogP contribution in [0.1, 0.15) is 60.5 Å². The summed E-state index contributed by atoms with van der Waals surface area (Å²) in [5.74, 6) is -0.907. The molecule has 1 fully saturated rings. The van der Waals surface area contributed by atoms with Crippen LogP contribution in [0.2, 0.25) is 0 Å². The van der Waals surface area contributed by atoms with E-state index in [0.717, 1.165) is 5.56 Å². The number of amides is 3. The predicted molar refractivity (Wildman–Crippen MR) is 169 cm³/mol. The molecule has 4 atom stereocenters. The van der Waals surface area contributed by atoms with Gasteiger partial charge in [0.05, 0.1) is 6.54 Å². The van der Waals surface area contributed by atoms with Crippen molar-refractivity contribution in [3.63, 3.8) is 0 Å². The zero-order valence-electron chi connectivity index (χ0n) is 27.7. The summed E-state index contributed by atoms with van der Waals surface area (Å²) in [5, 5.41) is 6.32. The highest BCUT2D eigenvalue weighted by atomic mass is 19.1. The zero-order chi connectivity index (χ0) is 33.5. The Morgan fingerprint density at radius 1 is 0.978 bits per heavy atom. The third-order valence-electron chi connectivity index (χ3n) is 7.70. The minimum atomic E-state index is -0.897. The van der Waals surface area contributed by atoms with Crippen LogP contribution in [0.15, 0.2) is 48.5 Å². The molecule has 248 valence electrons. The lowest BCUT2D eigenvalue weighted by atomic mass is 9.85. The third-order valence-corrected chi connectivity index (χ3v) is 7.70. The Labute approximate surface area is 265 Å². The molecule has 11 heteroatoms. The van der Waals surface area contributed by atoms with E-state index in [0.29, 0.717) is 31.7 Å². The molecule has 2 aromatic carbocycles. The highest BCUT2D eigenvalue weighted by Gasteiger charge is 2.43. The fraction of sp³-hybridized carbons (Fsp3) is 0.559. The van der Waals surface area contributed by atoms with Crippen LogP contribution in [0.3, 0.4) is 0 Å². The first-order valence-electron chi connectivity index (χ1n) is 15.4. The normalized spacial score (nSPS) is 18.2. The number of rotatable bonds is 11. The van der Waals surface area contributed by atoms with Gasteiger partial charge in [-0.05, 0) is 88.0 Å². The van der Waals surface area contributed by atoms with Gasteiger partial charge in [-0.3, -0.25) is 14.5 Å². The second-order valence-corrected chi connectivity index (χ2v) is 13.7. The molecule has 1 saturated heterocycles. The van der Waals surface area contributed by atoms with Gasteiger partial charge in [0.1, 0.15) is 41.2 Å². The van der Waals surface area contributed by atoms with E-state index < -0.39 is 35.1 Å². The lowest BCUT2D eigenvalue weighted by Gasteiger charge is -2.37. The van der Waals surface area contributed by atoms with Crippen LogP contribution in [-0.4, -0.2) is 84.2 Å². The van der Waals surface area contributed by atoms with E-state index >= 15 is 0 Å². The van der Waals surface area contributed by atoms with Crippen LogP contribution in [0, 0.1) is 17.0 Å². The molecule has 0 aliphatic carbocycles. The molecule has 1 aliphatic heterocycles. The van der Waals surface area contributed by atoms with Crippen molar-refractivity contribution in [2.75, 3.05) is 26.7 Å². The first-order chi connectivity index (χ1) is 20.9. The average Bonchev–Trinajstić information content (AvgIpc) is 3.35. The zero-order valence-corrected chi connectivity index (χ0v) is 27.7. The number of likely N-dealkylation sites (N-methyl/N-ethyl adjacent to an activating group) is 1. The Morgan fingerprint density at radius 3 is 2.11 bits per heavy atom. The molecule has 2 unspecified atom stereocenters. The first kappa shape index (κ1) is 35.7. The average molecular weight is 631 g/mol. The van der Waals surface area contributed by atoms with Crippen LogP contribution in [-0.2, 0) is 20.7 Å². The maximum atomic E-state index is 14.2. The smallest absolute Gasteiger partial charge is 0.410 e. The molecule has 0 bridgehead atoms. The van der Waals surface area contributed by atoms with E-state index in [1.165, 1.54) is 36.2 Å². The van der Waals surface area contributed by atoms with Crippen molar-refractivity contribution in [3.05, 3.63) is 65.7 Å². The lowest BCUT2D eigenvalue weighted by molar-refractivity contribution is -0.141. The molecule has 3 amide bonds. The van der Waals surface area contributed by atoms with Crippen molar-refractivity contribution >= 4 is 17.9 Å². The Hall–Kier alpha value is -3.73. The summed E-state index contributed by atoms with van der Waals surface area (Å²) in [4.78, 5) is 43.1. The lowest BCUT2D eigenvalue weighted by Crippen LogP contribution is -2.59. The Morgan fingerprint density at radius 2 is 1.56 bits per heavy atom. The number of nitrogens with one attached hydrogen (secondary N) is 2. The van der Waals surface area contributed by atoms with Crippen LogP contribution in [0.25, 0.3) is 0 Å². The number of ether oxygens (including phenoxy) is 2. The van der Waals surface area contributed by atoms with Gasteiger partial charge in [0.15, 0.2) is 0 Å². The van der Waals surface area contributed by atoms with Crippen molar-refractivity contribution in [2.45, 2.75) is 91.1 Å².